The molecular weight excluding hydrogens is 314 g/mol. The van der Waals surface area contributed by atoms with Gasteiger partial charge in [-0.25, -0.2) is 8.42 Å². The number of sulfonamides is 1. The maximum atomic E-state index is 12.3. The highest BCUT2D eigenvalue weighted by Gasteiger charge is 2.21. The molecule has 1 aromatic rings. The smallest absolute Gasteiger partial charge is 0.305 e. The van der Waals surface area contributed by atoms with Gasteiger partial charge < -0.3 is 4.74 Å². The summed E-state index contributed by atoms with van der Waals surface area (Å²) in [4.78, 5) is 11.0. The van der Waals surface area contributed by atoms with Crippen LogP contribution in [0, 0.1) is 0 Å². The molecule has 21 heavy (non-hydrogen) atoms. The quantitative estimate of drug-likeness (QED) is 0.685. The second-order valence-electron chi connectivity index (χ2n) is 4.55. The Morgan fingerprint density at radius 3 is 2.67 bits per heavy atom. The van der Waals surface area contributed by atoms with E-state index in [2.05, 4.69) is 4.74 Å². The summed E-state index contributed by atoms with van der Waals surface area (Å²) in [6, 6.07) is 7.11. The van der Waals surface area contributed by atoms with E-state index in [4.69, 9.17) is 11.6 Å². The Morgan fingerprint density at radius 2 is 2.10 bits per heavy atom. The normalized spacial score (nSPS) is 11.6. The van der Waals surface area contributed by atoms with Gasteiger partial charge in [-0.05, 0) is 24.1 Å². The van der Waals surface area contributed by atoms with E-state index in [1.807, 2.05) is 6.07 Å². The first-order chi connectivity index (χ1) is 9.89. The Labute approximate surface area is 130 Å². The molecule has 0 spiro atoms. The fourth-order valence-corrected chi connectivity index (χ4v) is 3.60. The number of hydrogen-bond acceptors (Lipinski definition) is 4. The molecule has 7 heteroatoms. The number of esters is 1. The van der Waals surface area contributed by atoms with E-state index in [-0.39, 0.29) is 25.1 Å². The number of hydrogen-bond donors (Lipinski definition) is 0. The van der Waals surface area contributed by atoms with Crippen LogP contribution in [0.15, 0.2) is 24.3 Å². The van der Waals surface area contributed by atoms with Crippen molar-refractivity contribution in [3.05, 3.63) is 34.9 Å². The standard InChI is InChI=1S/C14H20ClNO4S/c1-3-16(11-12-6-4-7-13(15)10-12)21(18,19)9-5-8-14(17)20-2/h4,6-7,10H,3,5,8-9,11H2,1-2H3. The van der Waals surface area contributed by atoms with Crippen molar-refractivity contribution >= 4 is 27.6 Å². The zero-order chi connectivity index (χ0) is 15.9. The lowest BCUT2D eigenvalue weighted by molar-refractivity contribution is -0.140. The highest BCUT2D eigenvalue weighted by atomic mass is 35.5. The Bertz CT molecular complexity index is 574. The molecule has 1 rings (SSSR count). The van der Waals surface area contributed by atoms with E-state index in [0.717, 1.165) is 5.56 Å². The molecule has 0 aliphatic carbocycles. The van der Waals surface area contributed by atoms with Gasteiger partial charge in [0.15, 0.2) is 0 Å². The van der Waals surface area contributed by atoms with Crippen LogP contribution in [0.3, 0.4) is 0 Å². The van der Waals surface area contributed by atoms with Gasteiger partial charge in [-0.1, -0.05) is 30.7 Å². The predicted molar refractivity (Wildman–Crippen MR) is 82.6 cm³/mol. The average Bonchev–Trinajstić information content (AvgIpc) is 2.44. The lowest BCUT2D eigenvalue weighted by atomic mass is 10.2. The van der Waals surface area contributed by atoms with Crippen LogP contribution in [-0.2, 0) is 26.1 Å². The molecule has 0 aliphatic heterocycles. The van der Waals surface area contributed by atoms with Gasteiger partial charge in [-0.15, -0.1) is 0 Å². The zero-order valence-corrected chi connectivity index (χ0v) is 13.8. The number of rotatable bonds is 8. The summed E-state index contributed by atoms with van der Waals surface area (Å²) in [5, 5.41) is 0.576. The summed E-state index contributed by atoms with van der Waals surface area (Å²) in [6.07, 6.45) is 0.353. The summed E-state index contributed by atoms with van der Waals surface area (Å²) >= 11 is 5.90. The molecule has 0 N–H and O–H groups in total. The van der Waals surface area contributed by atoms with Crippen LogP contribution in [-0.4, -0.2) is 38.1 Å². The van der Waals surface area contributed by atoms with Crippen LogP contribution in [0.4, 0.5) is 0 Å². The number of halogens is 1. The molecule has 0 saturated heterocycles. The van der Waals surface area contributed by atoms with Crippen LogP contribution in [0.2, 0.25) is 5.02 Å². The molecule has 0 unspecified atom stereocenters. The second-order valence-corrected chi connectivity index (χ2v) is 7.08. The highest BCUT2D eigenvalue weighted by Crippen LogP contribution is 2.15. The van der Waals surface area contributed by atoms with Crippen LogP contribution in [0.25, 0.3) is 0 Å². The van der Waals surface area contributed by atoms with Gasteiger partial charge >= 0.3 is 5.97 Å². The number of carbonyl (C=O) groups excluding carboxylic acids is 1. The van der Waals surface area contributed by atoms with Gasteiger partial charge in [-0.2, -0.15) is 4.31 Å². The summed E-state index contributed by atoms with van der Waals surface area (Å²) < 4.78 is 30.4. The third-order valence-electron chi connectivity index (χ3n) is 3.00. The van der Waals surface area contributed by atoms with E-state index in [1.165, 1.54) is 11.4 Å². The van der Waals surface area contributed by atoms with Gasteiger partial charge in [0.2, 0.25) is 10.0 Å². The number of nitrogens with zero attached hydrogens (tertiary/aromatic N) is 1. The number of ether oxygens (including phenoxy) is 1. The predicted octanol–water partition coefficient (Wildman–Crippen LogP) is 2.44. The lowest BCUT2D eigenvalue weighted by Gasteiger charge is -2.20. The van der Waals surface area contributed by atoms with Gasteiger partial charge in [0.25, 0.3) is 0 Å². The number of benzene rings is 1. The largest absolute Gasteiger partial charge is 0.469 e. The van der Waals surface area contributed by atoms with E-state index < -0.39 is 16.0 Å². The minimum absolute atomic E-state index is 0.0729. The van der Waals surface area contributed by atoms with Crippen molar-refractivity contribution in [2.75, 3.05) is 19.4 Å². The van der Waals surface area contributed by atoms with Gasteiger partial charge in [0.1, 0.15) is 0 Å². The first-order valence-corrected chi connectivity index (χ1v) is 8.67. The molecule has 0 heterocycles. The molecule has 1 aromatic carbocycles. The molecule has 0 atom stereocenters. The second kappa shape index (κ2) is 8.36. The third-order valence-corrected chi connectivity index (χ3v) is 5.22. The average molecular weight is 334 g/mol. The highest BCUT2D eigenvalue weighted by molar-refractivity contribution is 7.89. The Balaban J connectivity index is 2.67. The minimum Gasteiger partial charge on any atom is -0.469 e. The van der Waals surface area contributed by atoms with Crippen LogP contribution >= 0.6 is 11.6 Å². The fourth-order valence-electron chi connectivity index (χ4n) is 1.88. The van der Waals surface area contributed by atoms with E-state index in [0.29, 0.717) is 11.6 Å². The van der Waals surface area contributed by atoms with Gasteiger partial charge in [0, 0.05) is 24.5 Å². The molecule has 0 fully saturated rings. The molecule has 5 nitrogen and oxygen atoms in total. The fraction of sp³-hybridized carbons (Fsp3) is 0.500. The molecular formula is C14H20ClNO4S. The summed E-state index contributed by atoms with van der Waals surface area (Å²) in [6.45, 7) is 2.42. The SMILES string of the molecule is CCN(Cc1cccc(Cl)c1)S(=O)(=O)CCCC(=O)OC. The number of methoxy groups -OCH3 is 1. The Hall–Kier alpha value is -1.11. The maximum absolute atomic E-state index is 12.3. The molecule has 0 saturated carbocycles. The Morgan fingerprint density at radius 1 is 1.38 bits per heavy atom. The maximum Gasteiger partial charge on any atom is 0.305 e. The summed E-state index contributed by atoms with van der Waals surface area (Å²) in [5.74, 6) is -0.473. The number of carbonyl (C=O) groups is 1. The minimum atomic E-state index is -3.40. The summed E-state index contributed by atoms with van der Waals surface area (Å²) in [7, 11) is -2.12. The monoisotopic (exact) mass is 333 g/mol. The lowest BCUT2D eigenvalue weighted by Crippen LogP contribution is -2.32. The van der Waals surface area contributed by atoms with Gasteiger partial charge in [0.05, 0.1) is 12.9 Å². The first-order valence-electron chi connectivity index (χ1n) is 6.68. The van der Waals surface area contributed by atoms with Crippen molar-refractivity contribution in [3.8, 4) is 0 Å². The van der Waals surface area contributed by atoms with Crippen molar-refractivity contribution < 1.29 is 17.9 Å². The topological polar surface area (TPSA) is 63.7 Å². The Kier molecular flexibility index (Phi) is 7.14. The van der Waals surface area contributed by atoms with Crippen molar-refractivity contribution in [2.24, 2.45) is 0 Å². The van der Waals surface area contributed by atoms with Crippen molar-refractivity contribution in [1.82, 2.24) is 4.31 Å². The molecule has 0 bridgehead atoms. The third kappa shape index (κ3) is 6.03. The van der Waals surface area contributed by atoms with Crippen molar-refractivity contribution in [2.45, 2.75) is 26.3 Å². The van der Waals surface area contributed by atoms with E-state index >= 15 is 0 Å². The molecule has 0 aromatic heterocycles. The molecule has 118 valence electrons. The first kappa shape index (κ1) is 17.9. The van der Waals surface area contributed by atoms with E-state index in [1.54, 1.807) is 25.1 Å². The van der Waals surface area contributed by atoms with Crippen molar-refractivity contribution in [3.63, 3.8) is 0 Å². The van der Waals surface area contributed by atoms with E-state index in [9.17, 15) is 13.2 Å². The molecule has 0 amide bonds. The van der Waals surface area contributed by atoms with Crippen LogP contribution in [0.1, 0.15) is 25.3 Å². The van der Waals surface area contributed by atoms with Crippen LogP contribution < -0.4 is 0 Å². The summed E-state index contributed by atoms with van der Waals surface area (Å²) in [5.41, 5.74) is 0.834. The van der Waals surface area contributed by atoms with Crippen molar-refractivity contribution in [1.29, 1.82) is 0 Å². The molecule has 0 aliphatic rings. The van der Waals surface area contributed by atoms with Crippen LogP contribution in [0.5, 0.6) is 0 Å². The molecule has 0 radical (unpaired) electrons. The van der Waals surface area contributed by atoms with Gasteiger partial charge in [-0.3, -0.25) is 4.79 Å². The zero-order valence-electron chi connectivity index (χ0n) is 12.2.